The van der Waals surface area contributed by atoms with Crippen LogP contribution in [0.3, 0.4) is 0 Å². The van der Waals surface area contributed by atoms with Crippen LogP contribution in [0.1, 0.15) is 56.8 Å². The fraction of sp³-hybridized carbons (Fsp3) is 0.448. The molecule has 36 heavy (non-hydrogen) atoms. The number of fused-ring (bicyclic) bond motifs is 1. The van der Waals surface area contributed by atoms with Crippen LogP contribution < -0.4 is 10.6 Å². The maximum absolute atomic E-state index is 13.2. The predicted octanol–water partition coefficient (Wildman–Crippen LogP) is 5.61. The van der Waals surface area contributed by atoms with Gasteiger partial charge in [0.05, 0.1) is 23.4 Å². The summed E-state index contributed by atoms with van der Waals surface area (Å²) in [6, 6.07) is 13.4. The molecule has 0 atom stereocenters. The van der Waals surface area contributed by atoms with E-state index in [-0.39, 0.29) is 17.4 Å². The number of ether oxygens (including phenoxy) is 1. The monoisotopic (exact) mass is 488 g/mol. The molecule has 0 saturated heterocycles. The van der Waals surface area contributed by atoms with Crippen molar-refractivity contribution in [2.45, 2.75) is 46.5 Å². The van der Waals surface area contributed by atoms with Gasteiger partial charge in [-0.15, -0.1) is 0 Å². The van der Waals surface area contributed by atoms with Crippen molar-refractivity contribution in [3.8, 4) is 11.3 Å². The Morgan fingerprint density at radius 2 is 1.58 bits per heavy atom. The number of nitrogens with zero attached hydrogens (tertiary/aromatic N) is 2. The van der Waals surface area contributed by atoms with Gasteiger partial charge in [0, 0.05) is 36.4 Å². The Morgan fingerprint density at radius 1 is 0.944 bits per heavy atom. The van der Waals surface area contributed by atoms with Gasteiger partial charge in [-0.25, -0.2) is 9.78 Å². The van der Waals surface area contributed by atoms with Crippen LogP contribution in [0, 0.1) is 17.3 Å². The molecular weight excluding hydrogens is 452 g/mol. The quantitative estimate of drug-likeness (QED) is 0.451. The Kier molecular flexibility index (Phi) is 8.18. The smallest absolute Gasteiger partial charge is 0.407 e. The third kappa shape index (κ3) is 7.03. The van der Waals surface area contributed by atoms with Crippen LogP contribution in [0.5, 0.6) is 0 Å². The topological polar surface area (TPSA) is 93.2 Å². The highest BCUT2D eigenvalue weighted by Crippen LogP contribution is 2.29. The Hall–Kier alpha value is -3.48. The average Bonchev–Trinajstić information content (AvgIpc) is 2.89. The van der Waals surface area contributed by atoms with E-state index in [4.69, 9.17) is 9.72 Å². The lowest BCUT2D eigenvalue weighted by Crippen LogP contribution is -2.35. The molecule has 4 rings (SSSR count). The molecule has 1 aromatic carbocycles. The SMILES string of the molecule is CC(C)(C)COC(=O)NCC1CCC(CNC(=O)c2cc(-c3ccncc3)nc3ccccc23)CC1. The summed E-state index contributed by atoms with van der Waals surface area (Å²) in [5, 5.41) is 6.92. The van der Waals surface area contributed by atoms with E-state index < -0.39 is 0 Å². The van der Waals surface area contributed by atoms with Crippen LogP contribution in [-0.2, 0) is 4.74 Å². The van der Waals surface area contributed by atoms with Gasteiger partial charge in [0.25, 0.3) is 5.91 Å². The lowest BCUT2D eigenvalue weighted by molar-refractivity contribution is 0.0939. The number of carbonyl (C=O) groups is 2. The van der Waals surface area contributed by atoms with Crippen molar-refractivity contribution in [1.82, 2.24) is 20.6 Å². The molecule has 0 unspecified atom stereocenters. The first-order valence-corrected chi connectivity index (χ1v) is 12.8. The fourth-order valence-corrected chi connectivity index (χ4v) is 4.57. The molecule has 0 bridgehead atoms. The van der Waals surface area contributed by atoms with Gasteiger partial charge in [0.15, 0.2) is 0 Å². The number of nitrogens with one attached hydrogen (secondary N) is 2. The molecule has 1 saturated carbocycles. The predicted molar refractivity (Wildman–Crippen MR) is 142 cm³/mol. The van der Waals surface area contributed by atoms with Gasteiger partial charge in [-0.05, 0) is 67.2 Å². The second kappa shape index (κ2) is 11.5. The van der Waals surface area contributed by atoms with Crippen molar-refractivity contribution in [2.75, 3.05) is 19.7 Å². The highest BCUT2D eigenvalue weighted by molar-refractivity contribution is 6.07. The third-order valence-electron chi connectivity index (χ3n) is 6.63. The van der Waals surface area contributed by atoms with Gasteiger partial charge in [-0.2, -0.15) is 0 Å². The summed E-state index contributed by atoms with van der Waals surface area (Å²) >= 11 is 0. The number of hydrogen-bond acceptors (Lipinski definition) is 5. The van der Waals surface area contributed by atoms with Crippen molar-refractivity contribution >= 4 is 22.9 Å². The lowest BCUT2D eigenvalue weighted by atomic mass is 9.82. The van der Waals surface area contributed by atoms with E-state index in [0.717, 1.165) is 47.8 Å². The summed E-state index contributed by atoms with van der Waals surface area (Å²) in [6.07, 6.45) is 7.25. The second-order valence-corrected chi connectivity index (χ2v) is 10.9. The molecule has 1 fully saturated rings. The molecule has 2 heterocycles. The van der Waals surface area contributed by atoms with Gasteiger partial charge >= 0.3 is 6.09 Å². The van der Waals surface area contributed by atoms with E-state index in [1.165, 1.54) is 0 Å². The standard InChI is InChI=1S/C29H36N4O3/c1-29(2,3)19-36-28(35)32-18-21-10-8-20(9-11-21)17-31-27(34)24-16-26(22-12-14-30-15-13-22)33-25-7-5-4-6-23(24)25/h4-7,12-16,20-21H,8-11,17-19H2,1-3H3,(H,31,34)(H,32,35). The summed E-state index contributed by atoms with van der Waals surface area (Å²) in [7, 11) is 0. The first-order chi connectivity index (χ1) is 17.3. The lowest BCUT2D eigenvalue weighted by Gasteiger charge is -2.29. The molecule has 2 N–H and O–H groups in total. The molecule has 1 aliphatic rings. The van der Waals surface area contributed by atoms with Gasteiger partial charge in [-0.3, -0.25) is 9.78 Å². The van der Waals surface area contributed by atoms with Crippen LogP contribution in [0.2, 0.25) is 0 Å². The third-order valence-corrected chi connectivity index (χ3v) is 6.63. The molecule has 0 radical (unpaired) electrons. The Labute approximate surface area is 213 Å². The number of carbonyl (C=O) groups excluding carboxylic acids is 2. The maximum atomic E-state index is 13.2. The minimum absolute atomic E-state index is 0.0387. The van der Waals surface area contributed by atoms with Crippen molar-refractivity contribution in [3.63, 3.8) is 0 Å². The van der Waals surface area contributed by atoms with Crippen LogP contribution in [0.4, 0.5) is 4.79 Å². The largest absolute Gasteiger partial charge is 0.449 e. The minimum atomic E-state index is -0.338. The zero-order valence-corrected chi connectivity index (χ0v) is 21.4. The number of aromatic nitrogens is 2. The van der Waals surface area contributed by atoms with E-state index in [0.29, 0.717) is 37.1 Å². The summed E-state index contributed by atoms with van der Waals surface area (Å²) in [5.74, 6) is 0.811. The van der Waals surface area contributed by atoms with Crippen LogP contribution in [0.15, 0.2) is 54.9 Å². The summed E-state index contributed by atoms with van der Waals surface area (Å²) in [6.45, 7) is 7.81. The highest BCUT2D eigenvalue weighted by atomic mass is 16.5. The number of amides is 2. The van der Waals surface area contributed by atoms with Crippen molar-refractivity contribution in [2.24, 2.45) is 17.3 Å². The Bertz CT molecular complexity index is 1180. The van der Waals surface area contributed by atoms with Crippen LogP contribution in [-0.4, -0.2) is 41.7 Å². The second-order valence-electron chi connectivity index (χ2n) is 10.9. The number of hydrogen-bond donors (Lipinski definition) is 2. The molecule has 0 aliphatic heterocycles. The number of benzene rings is 1. The molecule has 7 heteroatoms. The van der Waals surface area contributed by atoms with E-state index in [1.54, 1.807) is 12.4 Å². The fourth-order valence-electron chi connectivity index (χ4n) is 4.57. The van der Waals surface area contributed by atoms with E-state index in [9.17, 15) is 9.59 Å². The maximum Gasteiger partial charge on any atom is 0.407 e. The number of rotatable bonds is 7. The molecule has 7 nitrogen and oxygen atoms in total. The summed E-state index contributed by atoms with van der Waals surface area (Å²) in [4.78, 5) is 34.0. The van der Waals surface area contributed by atoms with Gasteiger partial charge in [0.2, 0.25) is 0 Å². The van der Waals surface area contributed by atoms with Gasteiger partial charge in [-0.1, -0.05) is 39.0 Å². The Balaban J connectivity index is 1.30. The summed E-state index contributed by atoms with van der Waals surface area (Å²) in [5.41, 5.74) is 3.09. The molecular formula is C29H36N4O3. The Morgan fingerprint density at radius 3 is 2.25 bits per heavy atom. The highest BCUT2D eigenvalue weighted by Gasteiger charge is 2.23. The molecule has 2 aromatic heterocycles. The van der Waals surface area contributed by atoms with Crippen molar-refractivity contribution in [1.29, 1.82) is 0 Å². The number of para-hydroxylation sites is 1. The molecule has 1 aliphatic carbocycles. The molecule has 190 valence electrons. The average molecular weight is 489 g/mol. The van der Waals surface area contributed by atoms with Gasteiger partial charge in [0.1, 0.15) is 0 Å². The van der Waals surface area contributed by atoms with E-state index >= 15 is 0 Å². The van der Waals surface area contributed by atoms with Crippen molar-refractivity contribution < 1.29 is 14.3 Å². The normalized spacial score (nSPS) is 18.0. The van der Waals surface area contributed by atoms with Crippen LogP contribution >= 0.6 is 0 Å². The van der Waals surface area contributed by atoms with Crippen molar-refractivity contribution in [3.05, 3.63) is 60.4 Å². The first kappa shape index (κ1) is 25.6. The van der Waals surface area contributed by atoms with Crippen LogP contribution in [0.25, 0.3) is 22.2 Å². The molecule has 3 aromatic rings. The van der Waals surface area contributed by atoms with Gasteiger partial charge < -0.3 is 15.4 Å². The number of alkyl carbamates (subject to hydrolysis) is 1. The summed E-state index contributed by atoms with van der Waals surface area (Å²) < 4.78 is 5.29. The first-order valence-electron chi connectivity index (χ1n) is 12.8. The van der Waals surface area contributed by atoms with E-state index in [1.807, 2.05) is 63.2 Å². The zero-order valence-electron chi connectivity index (χ0n) is 21.4. The number of pyridine rings is 2. The van der Waals surface area contributed by atoms with E-state index in [2.05, 4.69) is 15.6 Å². The molecule has 0 spiro atoms. The molecule has 2 amide bonds. The minimum Gasteiger partial charge on any atom is -0.449 e. The zero-order chi connectivity index (χ0) is 25.5.